The van der Waals surface area contributed by atoms with Crippen molar-refractivity contribution in [3.05, 3.63) is 57.5 Å². The summed E-state index contributed by atoms with van der Waals surface area (Å²) >= 11 is 6.93. The highest BCUT2D eigenvalue weighted by Crippen LogP contribution is 2.49. The van der Waals surface area contributed by atoms with Gasteiger partial charge < -0.3 is 18.3 Å². The first-order chi connectivity index (χ1) is 17.0. The van der Waals surface area contributed by atoms with Gasteiger partial charge >= 0.3 is 5.63 Å². The van der Waals surface area contributed by atoms with E-state index < -0.39 is 5.63 Å². The van der Waals surface area contributed by atoms with Gasteiger partial charge in [0.25, 0.3) is 5.91 Å². The van der Waals surface area contributed by atoms with E-state index in [1.54, 1.807) is 12.1 Å². The Balaban J connectivity index is 1.26. The van der Waals surface area contributed by atoms with E-state index in [-0.39, 0.29) is 18.7 Å². The van der Waals surface area contributed by atoms with Crippen LogP contribution in [0.3, 0.4) is 0 Å². The van der Waals surface area contributed by atoms with Gasteiger partial charge in [-0.3, -0.25) is 9.69 Å². The van der Waals surface area contributed by atoms with Crippen molar-refractivity contribution >= 4 is 51.3 Å². The Morgan fingerprint density at radius 2 is 2.03 bits per heavy atom. The molecule has 3 atom stereocenters. The number of carbonyl (C=O) groups is 1. The minimum atomic E-state index is -0.501. The summed E-state index contributed by atoms with van der Waals surface area (Å²) in [5.41, 5.74) is 0.686. The Morgan fingerprint density at radius 1 is 1.14 bits per heavy atom. The first-order valence-corrected chi connectivity index (χ1v) is 12.8. The van der Waals surface area contributed by atoms with Crippen LogP contribution in [-0.2, 0) is 9.53 Å². The molecule has 2 aromatic heterocycles. The molecule has 3 heterocycles. The largest absolute Gasteiger partial charge is 0.467 e. The summed E-state index contributed by atoms with van der Waals surface area (Å²) in [5, 5.41) is 0.629. The molecular formula is C26H23NO6S2. The van der Waals surface area contributed by atoms with E-state index in [1.165, 1.54) is 44.2 Å². The van der Waals surface area contributed by atoms with Gasteiger partial charge in [-0.05, 0) is 61.4 Å². The second-order valence-corrected chi connectivity index (χ2v) is 10.9. The second kappa shape index (κ2) is 8.96. The van der Waals surface area contributed by atoms with Gasteiger partial charge in [-0.2, -0.15) is 0 Å². The summed E-state index contributed by atoms with van der Waals surface area (Å²) in [6.07, 6.45) is 6.52. The van der Waals surface area contributed by atoms with Crippen LogP contribution in [-0.4, -0.2) is 35.1 Å². The number of thioether (sulfide) groups is 1. The van der Waals surface area contributed by atoms with E-state index >= 15 is 0 Å². The highest BCUT2D eigenvalue weighted by Gasteiger charge is 2.48. The molecule has 1 aliphatic heterocycles. The zero-order valence-electron chi connectivity index (χ0n) is 19.0. The van der Waals surface area contributed by atoms with Crippen molar-refractivity contribution in [3.8, 4) is 17.1 Å². The molecule has 6 rings (SSSR count). The molecule has 0 spiro atoms. The molecule has 0 N–H and O–H groups in total. The molecule has 35 heavy (non-hydrogen) atoms. The Bertz CT molecular complexity index is 1420. The third kappa shape index (κ3) is 4.11. The number of ether oxygens (including phenoxy) is 2. The van der Waals surface area contributed by atoms with Crippen molar-refractivity contribution in [2.45, 2.75) is 31.7 Å². The van der Waals surface area contributed by atoms with Crippen LogP contribution in [0.2, 0.25) is 0 Å². The van der Waals surface area contributed by atoms with Crippen LogP contribution >= 0.6 is 24.0 Å². The van der Waals surface area contributed by atoms with Crippen LogP contribution in [0.1, 0.15) is 31.4 Å². The SMILES string of the molecule is COCOc1cc(=O)oc2ccc(-c3ccc(/C=C4\SC(=S)N(C5CC6CCC5C6)C4=O)o3)cc12. The number of hydrogen-bond donors (Lipinski definition) is 0. The lowest BCUT2D eigenvalue weighted by Crippen LogP contribution is -2.41. The van der Waals surface area contributed by atoms with Crippen molar-refractivity contribution < 1.29 is 23.1 Å². The molecule has 2 bridgehead atoms. The number of carbonyl (C=O) groups excluding carboxylic acids is 1. The minimum Gasteiger partial charge on any atom is -0.467 e. The normalized spacial score (nSPS) is 24.9. The van der Waals surface area contributed by atoms with Crippen molar-refractivity contribution in [2.75, 3.05) is 13.9 Å². The lowest BCUT2D eigenvalue weighted by molar-refractivity contribution is -0.124. The summed E-state index contributed by atoms with van der Waals surface area (Å²) in [6.45, 7) is 0.00802. The number of hydrogen-bond acceptors (Lipinski definition) is 8. The number of nitrogens with zero attached hydrogens (tertiary/aromatic N) is 1. The van der Waals surface area contributed by atoms with E-state index in [4.69, 9.17) is 30.5 Å². The predicted molar refractivity (Wildman–Crippen MR) is 137 cm³/mol. The van der Waals surface area contributed by atoms with Crippen LogP contribution in [0.5, 0.6) is 5.75 Å². The Kier molecular flexibility index (Phi) is 5.78. The number of fused-ring (bicyclic) bond motifs is 3. The third-order valence-electron chi connectivity index (χ3n) is 7.08. The van der Waals surface area contributed by atoms with Crippen LogP contribution < -0.4 is 10.4 Å². The fourth-order valence-corrected chi connectivity index (χ4v) is 6.89. The maximum Gasteiger partial charge on any atom is 0.339 e. The summed E-state index contributed by atoms with van der Waals surface area (Å²) in [4.78, 5) is 27.5. The number of methoxy groups -OCH3 is 1. The third-order valence-corrected chi connectivity index (χ3v) is 8.41. The van der Waals surface area contributed by atoms with E-state index in [0.717, 1.165) is 17.9 Å². The first kappa shape index (κ1) is 22.6. The fraction of sp³-hybridized carbons (Fsp3) is 0.346. The zero-order valence-corrected chi connectivity index (χ0v) is 20.7. The standard InChI is InChI=1S/C26H23NO6S2/c1-30-13-31-22-12-24(28)33-21-6-4-16(10-18(21)22)20-7-5-17(32-20)11-23-25(29)27(26(34)35-23)19-9-14-2-3-15(19)8-14/h4-7,10-12,14-15,19H,2-3,8-9,13H2,1H3/b23-11-. The van der Waals surface area contributed by atoms with Crippen LogP contribution in [0, 0.1) is 11.8 Å². The van der Waals surface area contributed by atoms with Gasteiger partial charge in [-0.25, -0.2) is 4.79 Å². The fourth-order valence-electron chi connectivity index (χ4n) is 5.54. The Morgan fingerprint density at radius 3 is 2.80 bits per heavy atom. The van der Waals surface area contributed by atoms with Gasteiger partial charge in [-0.15, -0.1) is 0 Å². The lowest BCUT2D eigenvalue weighted by atomic mass is 9.94. The quantitative estimate of drug-likeness (QED) is 0.188. The molecule has 2 aliphatic carbocycles. The average molecular weight is 510 g/mol. The van der Waals surface area contributed by atoms with Gasteiger partial charge in [0.2, 0.25) is 0 Å². The van der Waals surface area contributed by atoms with Crippen LogP contribution in [0.15, 0.2) is 54.9 Å². The monoisotopic (exact) mass is 509 g/mol. The lowest BCUT2D eigenvalue weighted by Gasteiger charge is -2.30. The van der Waals surface area contributed by atoms with Crippen molar-refractivity contribution in [2.24, 2.45) is 11.8 Å². The highest BCUT2D eigenvalue weighted by atomic mass is 32.2. The number of thiocarbonyl (C=S) groups is 1. The van der Waals surface area contributed by atoms with Crippen LogP contribution in [0.4, 0.5) is 0 Å². The van der Waals surface area contributed by atoms with Gasteiger partial charge in [0.1, 0.15) is 27.2 Å². The van der Waals surface area contributed by atoms with E-state index in [1.807, 2.05) is 29.2 Å². The van der Waals surface area contributed by atoms with E-state index in [9.17, 15) is 9.59 Å². The van der Waals surface area contributed by atoms with E-state index in [2.05, 4.69) is 0 Å². The minimum absolute atomic E-state index is 0.00802. The molecule has 1 saturated heterocycles. The molecule has 3 aliphatic rings. The topological polar surface area (TPSA) is 82.1 Å². The van der Waals surface area contributed by atoms with Gasteiger partial charge in [0.15, 0.2) is 6.79 Å². The highest BCUT2D eigenvalue weighted by molar-refractivity contribution is 8.26. The zero-order chi connectivity index (χ0) is 24.1. The maximum absolute atomic E-state index is 13.2. The predicted octanol–water partition coefficient (Wildman–Crippen LogP) is 5.43. The van der Waals surface area contributed by atoms with Gasteiger partial charge in [0, 0.05) is 24.8 Å². The molecule has 1 aromatic carbocycles. The Hall–Kier alpha value is -2.88. The number of amides is 1. The second-order valence-electron chi connectivity index (χ2n) is 9.19. The molecule has 180 valence electrons. The average Bonchev–Trinajstić information content (AvgIpc) is 3.63. The molecule has 3 unspecified atom stereocenters. The summed E-state index contributed by atoms with van der Waals surface area (Å²) in [6, 6.07) is 10.6. The molecule has 0 radical (unpaired) electrons. The summed E-state index contributed by atoms with van der Waals surface area (Å²) < 4.78 is 22.5. The number of furan rings is 1. The molecule has 7 nitrogen and oxygen atoms in total. The summed E-state index contributed by atoms with van der Waals surface area (Å²) in [7, 11) is 1.51. The Labute approximate surface area is 211 Å². The smallest absolute Gasteiger partial charge is 0.339 e. The van der Waals surface area contributed by atoms with Crippen molar-refractivity contribution in [1.29, 1.82) is 0 Å². The van der Waals surface area contributed by atoms with Crippen LogP contribution in [0.25, 0.3) is 28.4 Å². The van der Waals surface area contributed by atoms with Crippen molar-refractivity contribution in [3.63, 3.8) is 0 Å². The number of rotatable bonds is 6. The molecular weight excluding hydrogens is 486 g/mol. The van der Waals surface area contributed by atoms with Gasteiger partial charge in [0.05, 0.1) is 16.4 Å². The van der Waals surface area contributed by atoms with E-state index in [0.29, 0.717) is 43.4 Å². The molecule has 3 fully saturated rings. The maximum atomic E-state index is 13.2. The van der Waals surface area contributed by atoms with Crippen molar-refractivity contribution in [1.82, 2.24) is 4.90 Å². The number of benzene rings is 1. The molecule has 3 aromatic rings. The molecule has 1 amide bonds. The first-order valence-electron chi connectivity index (χ1n) is 11.6. The van der Waals surface area contributed by atoms with Gasteiger partial charge in [-0.1, -0.05) is 30.4 Å². The molecule has 9 heteroatoms. The summed E-state index contributed by atoms with van der Waals surface area (Å²) in [5.74, 6) is 2.86. The molecule has 2 saturated carbocycles.